The van der Waals surface area contributed by atoms with Gasteiger partial charge in [0.2, 0.25) is 0 Å². The van der Waals surface area contributed by atoms with E-state index in [4.69, 9.17) is 4.98 Å². The summed E-state index contributed by atoms with van der Waals surface area (Å²) in [7, 11) is 4.34. The summed E-state index contributed by atoms with van der Waals surface area (Å²) in [6.07, 6.45) is 31.4. The van der Waals surface area contributed by atoms with E-state index in [-0.39, 0.29) is 11.8 Å². The second-order valence-electron chi connectivity index (χ2n) is 16.0. The van der Waals surface area contributed by atoms with Crippen molar-refractivity contribution in [2.75, 3.05) is 13.1 Å². The van der Waals surface area contributed by atoms with E-state index in [1.165, 1.54) is 140 Å². The number of carbonyl (C=O) groups is 2. The summed E-state index contributed by atoms with van der Waals surface area (Å²) in [6, 6.07) is 4.15. The van der Waals surface area contributed by atoms with Crippen molar-refractivity contribution in [2.24, 2.45) is 16.1 Å². The molecule has 0 saturated heterocycles. The van der Waals surface area contributed by atoms with E-state index in [1.807, 2.05) is 16.0 Å². The molecular weight excluding hydrogens is 895 g/mol. The Balaban J connectivity index is 0.00000281. The third kappa shape index (κ3) is 16.4. The molecule has 0 aromatic carbocycles. The normalized spacial score (nSPS) is 15.1. The summed E-state index contributed by atoms with van der Waals surface area (Å²) in [6.45, 7) is 10.4. The molecule has 57 heavy (non-hydrogen) atoms. The first-order chi connectivity index (χ1) is 27.8. The maximum absolute atomic E-state index is 15.1. The van der Waals surface area contributed by atoms with Crippen LogP contribution in [0, 0.1) is 11.8 Å². The molecule has 0 N–H and O–H groups in total. The maximum atomic E-state index is 15.1. The van der Waals surface area contributed by atoms with Gasteiger partial charge in [-0.25, -0.2) is 4.98 Å². The fourth-order valence-electron chi connectivity index (χ4n) is 8.35. The van der Waals surface area contributed by atoms with Crippen LogP contribution in [0.2, 0.25) is 0 Å². The van der Waals surface area contributed by atoms with Gasteiger partial charge in [-0.05, 0) is 81.5 Å². The quantitative estimate of drug-likeness (QED) is 0.0482. The molecule has 2 aromatic rings. The topological polar surface area (TPSA) is 65.9 Å². The Morgan fingerprint density at radius 3 is 1.39 bits per heavy atom. The summed E-state index contributed by atoms with van der Waals surface area (Å²) < 4.78 is 4.62. The number of thiol groups is 1. The van der Waals surface area contributed by atoms with Crippen LogP contribution in [-0.2, 0) is 9.59 Å². The fraction of sp³-hybridized carbons (Fsp3) is 0.711. The predicted molar refractivity (Wildman–Crippen MR) is 257 cm³/mol. The van der Waals surface area contributed by atoms with E-state index in [9.17, 15) is 0 Å². The van der Waals surface area contributed by atoms with Crippen LogP contribution in [0.4, 0.5) is 0 Å². The molecule has 1 radical (unpaired) electrons. The fourth-order valence-corrected chi connectivity index (χ4v) is 11.1. The zero-order valence-electron chi connectivity index (χ0n) is 35.5. The summed E-state index contributed by atoms with van der Waals surface area (Å²) in [5.74, 6) is 0.770. The molecule has 2 amide bonds. The van der Waals surface area contributed by atoms with Gasteiger partial charge in [0.15, 0.2) is 0 Å². The van der Waals surface area contributed by atoms with E-state index in [2.05, 4.69) is 96.4 Å². The van der Waals surface area contributed by atoms with Gasteiger partial charge in [-0.15, -0.1) is 22.7 Å². The first-order valence-electron chi connectivity index (χ1n) is 22.3. The third-order valence-corrected chi connectivity index (χ3v) is 14.5. The van der Waals surface area contributed by atoms with Crippen molar-refractivity contribution in [3.05, 3.63) is 46.9 Å². The summed E-state index contributed by atoms with van der Waals surface area (Å²) >= 11 is 13.7. The standard InChI is InChI=1S/C45H69Br2N3O2S2.BHNS/c1-5-9-13-17-19-23-27-34(25-21-15-11-7-3)32-49-41(36-29-30-37(46)53-36)39-40(45(49)52)42(43-48-31-38(47)54-43)50(44(39)51)33-35(26-22-16-12-8-4)28-24-20-18-14-10-6-2;1-2-3/h29-31,34-35H,5-28,32-33H2,1-4H3;3H. The molecule has 2 aromatic heterocycles. The zero-order chi connectivity index (χ0) is 41.4. The number of aromatic nitrogens is 1. The van der Waals surface area contributed by atoms with Crippen molar-refractivity contribution in [1.82, 2.24) is 14.8 Å². The van der Waals surface area contributed by atoms with Gasteiger partial charge < -0.3 is 9.80 Å². The van der Waals surface area contributed by atoms with Crippen LogP contribution in [0.1, 0.15) is 192 Å². The van der Waals surface area contributed by atoms with Crippen molar-refractivity contribution in [1.29, 1.82) is 0 Å². The van der Waals surface area contributed by atoms with E-state index in [1.54, 1.807) is 11.3 Å². The van der Waals surface area contributed by atoms with Crippen LogP contribution in [0.25, 0.3) is 11.4 Å². The number of halogens is 2. The Hall–Kier alpha value is -1.08. The SMILES string of the molecule is CCCCCCCCC(CCCCCC)CN1C(=O)C2=C(c3ncc(Br)s3)N(CC(CCCCCC)CCCCCCCC)C(=O)C2=C1c1ccc(Br)s1.[B]=NS. The molecule has 2 unspecified atom stereocenters. The summed E-state index contributed by atoms with van der Waals surface area (Å²) in [4.78, 5) is 39.9. The van der Waals surface area contributed by atoms with E-state index >= 15 is 9.59 Å². The Morgan fingerprint density at radius 2 is 1.00 bits per heavy atom. The summed E-state index contributed by atoms with van der Waals surface area (Å²) in [5, 5.41) is 0.759. The molecule has 6 nitrogen and oxygen atoms in total. The number of fused-ring (bicyclic) bond motifs is 1. The molecule has 0 bridgehead atoms. The molecule has 0 fully saturated rings. The van der Waals surface area contributed by atoms with Crippen LogP contribution in [0.5, 0.6) is 0 Å². The van der Waals surface area contributed by atoms with Gasteiger partial charge in [0.1, 0.15) is 5.01 Å². The molecule has 0 spiro atoms. The molecular formula is C45H70BBr2N4O2S3. The van der Waals surface area contributed by atoms with Crippen molar-refractivity contribution >= 4 is 98.2 Å². The number of unbranched alkanes of at least 4 members (excludes halogenated alkanes) is 16. The van der Waals surface area contributed by atoms with Gasteiger partial charge in [-0.2, -0.15) is 0 Å². The van der Waals surface area contributed by atoms with Crippen LogP contribution in [0.3, 0.4) is 0 Å². The van der Waals surface area contributed by atoms with Gasteiger partial charge in [-0.3, -0.25) is 9.59 Å². The number of rotatable bonds is 30. The van der Waals surface area contributed by atoms with Gasteiger partial charge in [0, 0.05) is 13.1 Å². The van der Waals surface area contributed by atoms with Gasteiger partial charge in [0.25, 0.3) is 11.8 Å². The summed E-state index contributed by atoms with van der Waals surface area (Å²) in [5.41, 5.74) is 2.74. The number of nitrogens with zero attached hydrogens (tertiary/aromatic N) is 4. The second-order valence-corrected chi connectivity index (χ2v) is 21.1. The molecule has 12 heteroatoms. The van der Waals surface area contributed by atoms with Crippen LogP contribution < -0.4 is 0 Å². The average molecular weight is 966 g/mol. The first-order valence-corrected chi connectivity index (χ1v) is 25.9. The van der Waals surface area contributed by atoms with Gasteiger partial charge >= 0.3 is 24.8 Å². The Bertz CT molecular complexity index is 1450. The van der Waals surface area contributed by atoms with Crippen LogP contribution in [0.15, 0.2) is 41.3 Å². The zero-order valence-corrected chi connectivity index (χ0v) is 41.2. The minimum absolute atomic E-state index is 0.0152. The molecule has 317 valence electrons. The average Bonchev–Trinajstić information content (AvgIpc) is 3.96. The monoisotopic (exact) mass is 963 g/mol. The van der Waals surface area contributed by atoms with Crippen LogP contribution >= 0.6 is 67.3 Å². The van der Waals surface area contributed by atoms with Crippen molar-refractivity contribution in [3.8, 4) is 0 Å². The molecule has 2 atom stereocenters. The Kier molecular flexibility index (Phi) is 25.8. The van der Waals surface area contributed by atoms with Crippen molar-refractivity contribution in [3.63, 3.8) is 0 Å². The molecule has 2 aliphatic rings. The molecule has 4 heterocycles. The molecule has 0 saturated carbocycles. The number of thiophene rings is 1. The first kappa shape index (κ1) is 50.3. The number of hydrogen-bond acceptors (Lipinski definition) is 7. The van der Waals surface area contributed by atoms with E-state index in [0.29, 0.717) is 36.1 Å². The predicted octanol–water partition coefficient (Wildman–Crippen LogP) is 15.4. The van der Waals surface area contributed by atoms with Gasteiger partial charge in [-0.1, -0.05) is 156 Å². The Morgan fingerprint density at radius 1 is 0.614 bits per heavy atom. The van der Waals surface area contributed by atoms with Crippen molar-refractivity contribution < 1.29 is 9.59 Å². The van der Waals surface area contributed by atoms with E-state index < -0.39 is 0 Å². The second kappa shape index (κ2) is 29.2. The van der Waals surface area contributed by atoms with E-state index in [0.717, 1.165) is 54.5 Å². The molecule has 0 aliphatic carbocycles. The van der Waals surface area contributed by atoms with Gasteiger partial charge in [0.05, 0.1) is 41.2 Å². The van der Waals surface area contributed by atoms with Crippen LogP contribution in [-0.4, -0.2) is 47.3 Å². The van der Waals surface area contributed by atoms with Crippen molar-refractivity contribution in [2.45, 2.75) is 182 Å². The number of hydrogen-bond donors (Lipinski definition) is 1. The Labute approximate surface area is 377 Å². The number of amides is 2. The third-order valence-electron chi connectivity index (χ3n) is 11.4. The minimum atomic E-state index is -0.0152. The number of carbonyl (C=O) groups excluding carboxylic acids is 2. The molecule has 4 rings (SSSR count). The molecule has 2 aliphatic heterocycles. The number of thiazole rings is 1.